The number of benzene rings is 1. The van der Waals surface area contributed by atoms with E-state index in [1.54, 1.807) is 12.4 Å². The molecule has 130 valence electrons. The van der Waals surface area contributed by atoms with Gasteiger partial charge in [-0.05, 0) is 48.9 Å². The van der Waals surface area contributed by atoms with Gasteiger partial charge >= 0.3 is 0 Å². The summed E-state index contributed by atoms with van der Waals surface area (Å²) in [5, 5.41) is 0. The van der Waals surface area contributed by atoms with E-state index in [0.717, 1.165) is 38.2 Å². The minimum atomic E-state index is 0.160. The average molecular weight is 335 g/mol. The highest BCUT2D eigenvalue weighted by Crippen LogP contribution is 2.31. The number of pyridine rings is 1. The Morgan fingerprint density at radius 1 is 0.960 bits per heavy atom. The number of aryl methyl sites for hydroxylation is 1. The molecule has 25 heavy (non-hydrogen) atoms. The topological polar surface area (TPSA) is 36.4 Å². The van der Waals surface area contributed by atoms with Crippen molar-refractivity contribution in [2.45, 2.75) is 12.8 Å². The van der Waals surface area contributed by atoms with Gasteiger partial charge in [0.25, 0.3) is 5.91 Å². The van der Waals surface area contributed by atoms with Gasteiger partial charge in [0.2, 0.25) is 0 Å². The fourth-order valence-electron chi connectivity index (χ4n) is 4.27. The molecule has 4 heteroatoms. The van der Waals surface area contributed by atoms with Gasteiger partial charge < -0.3 is 9.80 Å². The standard InChI is InChI=1S/C21H25N3O/c25-21(18-8-10-22-11-9-18)24-15-19-13-23(14-20(19)16-24)12-4-7-17-5-2-1-3-6-17/h1-3,5-6,8-11,19-20H,4,7,12-16H2/t19-,20-/m1/s1. The van der Waals surface area contributed by atoms with Crippen molar-refractivity contribution in [2.24, 2.45) is 11.8 Å². The van der Waals surface area contributed by atoms with Crippen LogP contribution in [0.3, 0.4) is 0 Å². The first-order valence-corrected chi connectivity index (χ1v) is 9.25. The molecule has 1 amide bonds. The fourth-order valence-corrected chi connectivity index (χ4v) is 4.27. The molecule has 2 fully saturated rings. The summed E-state index contributed by atoms with van der Waals surface area (Å²) in [6.07, 6.45) is 5.75. The predicted molar refractivity (Wildman–Crippen MR) is 98.3 cm³/mol. The van der Waals surface area contributed by atoms with Gasteiger partial charge in [-0.1, -0.05) is 30.3 Å². The van der Waals surface area contributed by atoms with Crippen molar-refractivity contribution in [3.05, 3.63) is 66.0 Å². The van der Waals surface area contributed by atoms with Crippen molar-refractivity contribution in [3.63, 3.8) is 0 Å². The van der Waals surface area contributed by atoms with E-state index in [1.807, 2.05) is 17.0 Å². The van der Waals surface area contributed by atoms with Gasteiger partial charge in [0.05, 0.1) is 0 Å². The van der Waals surface area contributed by atoms with Gasteiger partial charge in [-0.25, -0.2) is 0 Å². The largest absolute Gasteiger partial charge is 0.338 e. The summed E-state index contributed by atoms with van der Waals surface area (Å²) in [6.45, 7) is 5.25. The second-order valence-corrected chi connectivity index (χ2v) is 7.31. The number of hydrogen-bond acceptors (Lipinski definition) is 3. The molecule has 4 rings (SSSR count). The average Bonchev–Trinajstić information content (AvgIpc) is 3.21. The molecule has 2 aromatic rings. The van der Waals surface area contributed by atoms with Gasteiger partial charge in [0.15, 0.2) is 0 Å². The lowest BCUT2D eigenvalue weighted by Gasteiger charge is -2.21. The van der Waals surface area contributed by atoms with Crippen LogP contribution in [-0.4, -0.2) is 53.4 Å². The van der Waals surface area contributed by atoms with E-state index in [4.69, 9.17) is 0 Å². The lowest BCUT2D eigenvalue weighted by atomic mass is 10.0. The van der Waals surface area contributed by atoms with Crippen molar-refractivity contribution in [1.29, 1.82) is 0 Å². The summed E-state index contributed by atoms with van der Waals surface area (Å²) in [5.41, 5.74) is 2.19. The highest BCUT2D eigenvalue weighted by Gasteiger charge is 2.41. The monoisotopic (exact) mass is 335 g/mol. The van der Waals surface area contributed by atoms with E-state index in [1.165, 1.54) is 18.5 Å². The van der Waals surface area contributed by atoms with E-state index in [0.29, 0.717) is 11.8 Å². The molecule has 2 atom stereocenters. The number of amides is 1. The highest BCUT2D eigenvalue weighted by atomic mass is 16.2. The van der Waals surface area contributed by atoms with Crippen LogP contribution in [0.1, 0.15) is 22.3 Å². The van der Waals surface area contributed by atoms with Gasteiger partial charge in [-0.2, -0.15) is 0 Å². The minimum absolute atomic E-state index is 0.160. The van der Waals surface area contributed by atoms with Crippen LogP contribution in [0, 0.1) is 11.8 Å². The maximum Gasteiger partial charge on any atom is 0.253 e. The molecule has 0 radical (unpaired) electrons. The van der Waals surface area contributed by atoms with Crippen LogP contribution in [0.15, 0.2) is 54.9 Å². The van der Waals surface area contributed by atoms with E-state index in [2.05, 4.69) is 40.2 Å². The number of carbonyl (C=O) groups is 1. The van der Waals surface area contributed by atoms with Crippen LogP contribution < -0.4 is 0 Å². The molecule has 2 aliphatic rings. The normalized spacial score (nSPS) is 23.0. The maximum atomic E-state index is 12.6. The van der Waals surface area contributed by atoms with Gasteiger partial charge in [0.1, 0.15) is 0 Å². The van der Waals surface area contributed by atoms with E-state index >= 15 is 0 Å². The summed E-state index contributed by atoms with van der Waals surface area (Å²) >= 11 is 0. The SMILES string of the molecule is O=C(c1ccncc1)N1C[C@H]2CN(CCCc3ccccc3)C[C@@H]2C1. The summed E-state index contributed by atoms with van der Waals surface area (Å²) < 4.78 is 0. The first-order valence-electron chi connectivity index (χ1n) is 9.25. The molecule has 2 aliphatic heterocycles. The highest BCUT2D eigenvalue weighted by molar-refractivity contribution is 5.94. The number of aromatic nitrogens is 1. The Labute approximate surface area is 149 Å². The summed E-state index contributed by atoms with van der Waals surface area (Å²) in [6, 6.07) is 14.3. The van der Waals surface area contributed by atoms with Gasteiger partial charge in [0, 0.05) is 44.1 Å². The van der Waals surface area contributed by atoms with Crippen molar-refractivity contribution >= 4 is 5.91 Å². The molecule has 0 saturated carbocycles. The lowest BCUT2D eigenvalue weighted by molar-refractivity contribution is 0.0774. The summed E-state index contributed by atoms with van der Waals surface area (Å²) in [5.74, 6) is 1.44. The van der Waals surface area contributed by atoms with Crippen molar-refractivity contribution in [1.82, 2.24) is 14.8 Å². The number of nitrogens with zero attached hydrogens (tertiary/aromatic N) is 3. The zero-order chi connectivity index (χ0) is 17.1. The number of rotatable bonds is 5. The molecule has 0 aliphatic carbocycles. The molecule has 0 spiro atoms. The zero-order valence-corrected chi connectivity index (χ0v) is 14.6. The number of carbonyl (C=O) groups excluding carboxylic acids is 1. The van der Waals surface area contributed by atoms with Crippen LogP contribution in [0.25, 0.3) is 0 Å². The maximum absolute atomic E-state index is 12.6. The van der Waals surface area contributed by atoms with Crippen molar-refractivity contribution < 1.29 is 4.79 Å². The van der Waals surface area contributed by atoms with Crippen LogP contribution >= 0.6 is 0 Å². The van der Waals surface area contributed by atoms with Crippen LogP contribution in [0.2, 0.25) is 0 Å². The Bertz CT molecular complexity index is 690. The molecule has 1 aromatic heterocycles. The second-order valence-electron chi connectivity index (χ2n) is 7.31. The molecule has 2 saturated heterocycles. The van der Waals surface area contributed by atoms with Crippen LogP contribution in [0.4, 0.5) is 0 Å². The molecule has 0 bridgehead atoms. The smallest absolute Gasteiger partial charge is 0.253 e. The van der Waals surface area contributed by atoms with Gasteiger partial charge in [-0.15, -0.1) is 0 Å². The Hall–Kier alpha value is -2.20. The number of fused-ring (bicyclic) bond motifs is 1. The van der Waals surface area contributed by atoms with Crippen molar-refractivity contribution in [2.75, 3.05) is 32.7 Å². The minimum Gasteiger partial charge on any atom is -0.338 e. The predicted octanol–water partition coefficient (Wildman–Crippen LogP) is 2.72. The third kappa shape index (κ3) is 3.74. The number of hydrogen-bond donors (Lipinski definition) is 0. The summed E-state index contributed by atoms with van der Waals surface area (Å²) in [7, 11) is 0. The summed E-state index contributed by atoms with van der Waals surface area (Å²) in [4.78, 5) is 21.2. The second kappa shape index (κ2) is 7.36. The molecule has 0 unspecified atom stereocenters. The molecular weight excluding hydrogens is 310 g/mol. The van der Waals surface area contributed by atoms with Crippen LogP contribution in [0.5, 0.6) is 0 Å². The van der Waals surface area contributed by atoms with Crippen LogP contribution in [-0.2, 0) is 6.42 Å². The Morgan fingerprint density at radius 3 is 2.32 bits per heavy atom. The van der Waals surface area contributed by atoms with E-state index in [9.17, 15) is 4.79 Å². The Kier molecular flexibility index (Phi) is 4.79. The molecule has 1 aromatic carbocycles. The fraction of sp³-hybridized carbons (Fsp3) is 0.429. The lowest BCUT2D eigenvalue weighted by Crippen LogP contribution is -2.33. The van der Waals surface area contributed by atoms with E-state index < -0.39 is 0 Å². The third-order valence-corrected chi connectivity index (χ3v) is 5.56. The first kappa shape index (κ1) is 16.3. The molecule has 0 N–H and O–H groups in total. The van der Waals surface area contributed by atoms with Crippen molar-refractivity contribution in [3.8, 4) is 0 Å². The Balaban J connectivity index is 1.24. The zero-order valence-electron chi connectivity index (χ0n) is 14.6. The Morgan fingerprint density at radius 2 is 1.64 bits per heavy atom. The molecule has 3 heterocycles. The first-order chi connectivity index (χ1) is 12.3. The quantitative estimate of drug-likeness (QED) is 0.843. The molecular formula is C21H25N3O. The van der Waals surface area contributed by atoms with Gasteiger partial charge in [-0.3, -0.25) is 9.78 Å². The molecule has 4 nitrogen and oxygen atoms in total. The third-order valence-electron chi connectivity index (χ3n) is 5.56. The van der Waals surface area contributed by atoms with E-state index in [-0.39, 0.29) is 5.91 Å². The number of likely N-dealkylation sites (tertiary alicyclic amines) is 2.